The van der Waals surface area contributed by atoms with E-state index in [-0.39, 0.29) is 142 Å². The predicted octanol–water partition coefficient (Wildman–Crippen LogP) is 14.8. The molecule has 1 aromatic rings. The normalized spacial score (nSPS) is 16.2. The van der Waals surface area contributed by atoms with Gasteiger partial charge in [-0.1, -0.05) is 262 Å². The molecule has 12 amide bonds. The molecular formula is C110H217N15O17. The van der Waals surface area contributed by atoms with Crippen molar-refractivity contribution in [1.29, 1.82) is 0 Å². The second-order valence-electron chi connectivity index (χ2n) is 50.8. The molecule has 5 heterocycles. The number of aliphatic hydroxyl groups excluding tert-OH is 1. The van der Waals surface area contributed by atoms with Crippen LogP contribution in [0.2, 0.25) is 0 Å². The Labute approximate surface area is 865 Å². The molecular weight excluding hydrogens is 1800 g/mol. The number of carbonyl (C=O) groups excluding carboxylic acids is 12. The predicted molar refractivity (Wildman–Crippen MR) is 581 cm³/mol. The number of aromatic nitrogens is 1. The van der Waals surface area contributed by atoms with Gasteiger partial charge in [-0.05, 0) is 142 Å². The molecule has 5 fully saturated rings. The van der Waals surface area contributed by atoms with Crippen LogP contribution in [0.5, 0.6) is 0 Å². The lowest BCUT2D eigenvalue weighted by Gasteiger charge is -2.29. The van der Waals surface area contributed by atoms with Crippen molar-refractivity contribution < 1.29 is 81.6 Å². The average Bonchev–Trinajstić information content (AvgIpc) is 1.68. The van der Waals surface area contributed by atoms with Crippen molar-refractivity contribution in [2.45, 2.75) is 353 Å². The third-order valence-electron chi connectivity index (χ3n) is 21.7. The molecule has 4 saturated heterocycles. The number of rotatable bonds is 22. The van der Waals surface area contributed by atoms with Crippen molar-refractivity contribution in [3.63, 3.8) is 0 Å². The van der Waals surface area contributed by atoms with E-state index < -0.39 is 6.10 Å². The Kier molecular flexibility index (Phi) is 72.0. The fraction of sp³-hybridized carbons (Fsp3) is 0.845. The summed E-state index contributed by atoms with van der Waals surface area (Å²) in [5.74, 6) is 3.19. The van der Waals surface area contributed by atoms with Gasteiger partial charge in [0.05, 0.1) is 37.7 Å². The Morgan fingerprint density at radius 3 is 1.13 bits per heavy atom. The number of ether oxygens (including phenoxy) is 4. The monoisotopic (exact) mass is 2020 g/mol. The van der Waals surface area contributed by atoms with Crippen molar-refractivity contribution in [3.05, 3.63) is 30.1 Å². The molecule has 1 aliphatic carbocycles. The molecule has 3 unspecified atom stereocenters. The van der Waals surface area contributed by atoms with Crippen LogP contribution in [0.15, 0.2) is 24.4 Å². The Balaban J connectivity index is -0.000000357. The van der Waals surface area contributed by atoms with Crippen LogP contribution in [0.3, 0.4) is 0 Å². The topological polar surface area (TPSA) is 417 Å². The number of nitrogens with one attached hydrogen (secondary N) is 11. The van der Waals surface area contributed by atoms with Crippen molar-refractivity contribution >= 4 is 70.9 Å². The third kappa shape index (κ3) is 82.7. The number of aliphatic hydroxyl groups is 1. The van der Waals surface area contributed by atoms with E-state index in [1.165, 1.54) is 25.7 Å². The molecule has 32 nitrogen and oxygen atoms in total. The van der Waals surface area contributed by atoms with E-state index in [1.54, 1.807) is 46.3 Å². The van der Waals surface area contributed by atoms with Gasteiger partial charge < -0.3 is 97.2 Å². The van der Waals surface area contributed by atoms with Gasteiger partial charge in [0.2, 0.25) is 70.9 Å². The summed E-state index contributed by atoms with van der Waals surface area (Å²) in [4.78, 5) is 146. The van der Waals surface area contributed by atoms with Crippen molar-refractivity contribution in [3.8, 4) is 0 Å². The zero-order chi connectivity index (χ0) is 112. The number of methoxy groups -OCH3 is 1. The van der Waals surface area contributed by atoms with Crippen LogP contribution in [0.1, 0.15) is 340 Å². The first-order valence-corrected chi connectivity index (χ1v) is 51.6. The lowest BCUT2D eigenvalue weighted by atomic mass is 9.93. The van der Waals surface area contributed by atoms with Gasteiger partial charge in [-0.3, -0.25) is 62.5 Å². The smallest absolute Gasteiger partial charge is 0.227 e. The number of pyridine rings is 1. The van der Waals surface area contributed by atoms with E-state index >= 15 is 0 Å². The molecule has 32 heteroatoms. The standard InChI is InChI=1S/C12H24N2O.C12H23NO2.C11H16N2O.2C10H19NO2.C10H19NO.C9H20N2O.2C8H17NO2.2C7H15NO.C6H13NO/c1-12(2,3)11(15)13-9-10-5-7-14(4)8-6-10;1-12(2,3)11(14)13-7-4-10-5-8-15-9-6-10;1-11(2,3)10(14)13-8-9-6-4-5-7-12-9;1-10(2,3)9(12)11-6-8-4-5-13-7-8;1-10(2,3)9(12)11-7-8-5-4-6-13-8;1-9(2,3)8(12)11-7-10(4)5-6-10;1-9(2,3)8(12)10-6-7-11(4)5;1-8(2,3)7(10)9-5-6-11-4;1-6(10)5-9-7(11)8(2,3)4;1-7(2,3)6(9)8(4)5;1-5-8-6(9)7(2,3)4;1-6(2,3)5(8)7-4/h10H,5-9H2,1-4H3,(H,13,15);10H,4-9H2,1-3H3,(H,13,14);4-7H,8H2,1-3H3,(H,13,14);2*8H,4-7H2,1-3H3,(H,11,12);5-7H2,1-4H3,(H,11,12);6-7H2,1-5H3,(H,10,12);5-6H2,1-4H3,(H,9,10);6,10H,5H2,1-4H3,(H,9,11);1-5H3;5H2,1-4H3,(H,8,9);1-4H3,(H,7,8). The summed E-state index contributed by atoms with van der Waals surface area (Å²) in [6, 6.07) is 5.66. The lowest BCUT2D eigenvalue weighted by Crippen LogP contribution is -2.40. The Hall–Kier alpha value is -7.49. The molecule has 12 N–H and O–H groups in total. The molecule has 1 aromatic heterocycles. The van der Waals surface area contributed by atoms with Gasteiger partial charge in [-0.2, -0.15) is 0 Å². The summed E-state index contributed by atoms with van der Waals surface area (Å²) in [7, 11) is 12.9. The van der Waals surface area contributed by atoms with Gasteiger partial charge in [-0.15, -0.1) is 0 Å². The van der Waals surface area contributed by atoms with Gasteiger partial charge in [0.15, 0.2) is 0 Å². The summed E-state index contributed by atoms with van der Waals surface area (Å²) in [5, 5.41) is 40.1. The van der Waals surface area contributed by atoms with Gasteiger partial charge in [0.25, 0.3) is 0 Å². The second-order valence-corrected chi connectivity index (χ2v) is 50.8. The zero-order valence-electron chi connectivity index (χ0n) is 99.0. The van der Waals surface area contributed by atoms with Crippen LogP contribution in [0.4, 0.5) is 0 Å². The highest BCUT2D eigenvalue weighted by molar-refractivity contribution is 5.86. The summed E-state index contributed by atoms with van der Waals surface area (Å²) in [6.45, 7) is 89.3. The number of amides is 12. The summed E-state index contributed by atoms with van der Waals surface area (Å²) < 4.78 is 20.7. The minimum atomic E-state index is -0.471. The molecule has 834 valence electrons. The number of hydrogen-bond donors (Lipinski definition) is 12. The highest BCUT2D eigenvalue weighted by Crippen LogP contribution is 2.44. The summed E-state index contributed by atoms with van der Waals surface area (Å²) in [5.41, 5.74) is -2.03. The van der Waals surface area contributed by atoms with Crippen molar-refractivity contribution in [2.24, 2.45) is 88.1 Å². The Morgan fingerprint density at radius 1 is 0.444 bits per heavy atom. The third-order valence-corrected chi connectivity index (χ3v) is 21.7. The Morgan fingerprint density at radius 2 is 0.810 bits per heavy atom. The minimum Gasteiger partial charge on any atom is -0.392 e. The van der Waals surface area contributed by atoms with E-state index in [4.69, 9.17) is 24.1 Å². The molecule has 6 rings (SSSR count). The van der Waals surface area contributed by atoms with Crippen LogP contribution in [0, 0.1) is 88.1 Å². The van der Waals surface area contributed by atoms with Gasteiger partial charge >= 0.3 is 0 Å². The maximum atomic E-state index is 11.7. The quantitative estimate of drug-likeness (QED) is 0.0480. The molecule has 1 saturated carbocycles. The fourth-order valence-electron chi connectivity index (χ4n) is 11.0. The zero-order valence-corrected chi connectivity index (χ0v) is 99.0. The minimum absolute atomic E-state index is 0.0293. The van der Waals surface area contributed by atoms with E-state index in [9.17, 15) is 57.5 Å². The average molecular weight is 2020 g/mol. The number of likely N-dealkylation sites (N-methyl/N-ethyl adjacent to an activating group) is 1. The number of likely N-dealkylation sites (tertiary alicyclic amines) is 1. The molecule has 142 heavy (non-hydrogen) atoms. The van der Waals surface area contributed by atoms with Crippen molar-refractivity contribution in [2.75, 3.05) is 168 Å². The maximum Gasteiger partial charge on any atom is 0.227 e. The first-order valence-electron chi connectivity index (χ1n) is 51.6. The fourth-order valence-corrected chi connectivity index (χ4v) is 11.0. The number of hydrogen-bond acceptors (Lipinski definition) is 20. The molecule has 0 radical (unpaired) electrons. The van der Waals surface area contributed by atoms with Gasteiger partial charge in [-0.25, -0.2) is 0 Å². The molecule has 5 aliphatic rings. The van der Waals surface area contributed by atoms with Crippen LogP contribution in [-0.2, 0) is 83.0 Å². The largest absolute Gasteiger partial charge is 0.392 e. The maximum absolute atomic E-state index is 11.7. The highest BCUT2D eigenvalue weighted by atomic mass is 16.5. The van der Waals surface area contributed by atoms with E-state index in [1.807, 2.05) is 293 Å². The number of nitrogens with zero attached hydrogens (tertiary/aromatic N) is 4. The van der Waals surface area contributed by atoms with E-state index in [2.05, 4.69) is 82.3 Å². The van der Waals surface area contributed by atoms with Crippen LogP contribution in [-0.4, -0.2) is 275 Å². The molecule has 0 bridgehead atoms. The summed E-state index contributed by atoms with van der Waals surface area (Å²) in [6.07, 6.45) is 13.1. The van der Waals surface area contributed by atoms with Crippen LogP contribution < -0.4 is 58.5 Å². The summed E-state index contributed by atoms with van der Waals surface area (Å²) >= 11 is 0. The van der Waals surface area contributed by atoms with Crippen LogP contribution in [0.25, 0.3) is 0 Å². The molecule has 0 spiro atoms. The highest BCUT2D eigenvalue weighted by Gasteiger charge is 2.39. The van der Waals surface area contributed by atoms with E-state index in [0.29, 0.717) is 50.0 Å². The van der Waals surface area contributed by atoms with Crippen LogP contribution >= 0.6 is 0 Å². The van der Waals surface area contributed by atoms with Crippen molar-refractivity contribution in [1.82, 2.24) is 78.2 Å². The number of piperidine rings is 1. The molecule has 0 aromatic carbocycles. The lowest BCUT2D eigenvalue weighted by molar-refractivity contribution is -0.137. The first kappa shape index (κ1) is 145. The Bertz CT molecular complexity index is 3610. The molecule has 4 aliphatic heterocycles. The second kappa shape index (κ2) is 70.4. The van der Waals surface area contributed by atoms with E-state index in [0.717, 1.165) is 142 Å². The van der Waals surface area contributed by atoms with Gasteiger partial charge in [0, 0.05) is 197 Å². The molecule has 3 atom stereocenters. The SMILES string of the molecule is CC(C)(C)C(=O)NCC1CCCO1.CC(C)(C)C(=O)NCC1CCOC1.CC(C)(C)C(=O)NCCC1CCOCC1.CC(C)(C)C(=O)NCc1ccccn1.CC(O)CNC(=O)C(C)(C)C.CC1(CNC(=O)C(C)(C)C)CC1.CCNC(=O)C(C)(C)C.CN(C)C(=O)C(C)(C)C.CN(C)CCNC(=O)C(C)(C)C.CN1CCC(CNC(=O)C(C)(C)C)CC1.CNC(=O)C(C)(C)C.COCCNC(=O)C(C)(C)C. The van der Waals surface area contributed by atoms with Gasteiger partial charge in [0.1, 0.15) is 0 Å². The number of carbonyl (C=O) groups is 12. The first-order chi connectivity index (χ1) is 64.2.